The monoisotopic (exact) mass is 474 g/mol. The van der Waals surface area contributed by atoms with Crippen molar-refractivity contribution >= 4 is 16.9 Å². The molecule has 2 aliphatic carbocycles. The van der Waals surface area contributed by atoms with Crippen LogP contribution in [0.25, 0.3) is 22.2 Å². The Balaban J connectivity index is 1.35. The molecular weight excluding hydrogens is 443 g/mol. The van der Waals surface area contributed by atoms with Crippen LogP contribution < -0.4 is 5.73 Å². The number of nitrogen functional groups attached to an aromatic ring is 1. The summed E-state index contributed by atoms with van der Waals surface area (Å²) in [6.07, 6.45) is 12.3. The second kappa shape index (κ2) is 8.58. The van der Waals surface area contributed by atoms with Gasteiger partial charge in [0.15, 0.2) is 5.82 Å². The van der Waals surface area contributed by atoms with Crippen LogP contribution in [-0.2, 0) is 0 Å². The minimum absolute atomic E-state index is 0.0308. The normalized spacial score (nSPS) is 21.0. The first-order valence-electron chi connectivity index (χ1n) is 12.6. The van der Waals surface area contributed by atoms with Gasteiger partial charge in [0.2, 0.25) is 5.95 Å². The van der Waals surface area contributed by atoms with E-state index < -0.39 is 11.4 Å². The van der Waals surface area contributed by atoms with Gasteiger partial charge >= 0.3 is 0 Å². The van der Waals surface area contributed by atoms with Crippen molar-refractivity contribution in [3.05, 3.63) is 36.2 Å². The fraction of sp³-hybridized carbons (Fsp3) is 0.519. The van der Waals surface area contributed by atoms with Gasteiger partial charge in [-0.25, -0.2) is 19.3 Å². The molecule has 2 saturated carbocycles. The topological polar surface area (TPSA) is 93.1 Å². The van der Waals surface area contributed by atoms with Crippen LogP contribution in [0.4, 0.5) is 10.3 Å². The number of nitrogens with zero attached hydrogens (tertiary/aromatic N) is 5. The summed E-state index contributed by atoms with van der Waals surface area (Å²) in [4.78, 5) is 15.1. The van der Waals surface area contributed by atoms with Crippen molar-refractivity contribution in [2.24, 2.45) is 11.8 Å². The first kappa shape index (κ1) is 22.4. The first-order valence-corrected chi connectivity index (χ1v) is 12.6. The Bertz CT molecular complexity index is 1320. The molecule has 0 aromatic carbocycles. The van der Waals surface area contributed by atoms with Crippen molar-refractivity contribution in [1.29, 1.82) is 0 Å². The molecule has 0 bridgehead atoms. The predicted molar refractivity (Wildman–Crippen MR) is 133 cm³/mol. The quantitative estimate of drug-likeness (QED) is 0.547. The molecule has 0 spiro atoms. The zero-order chi connectivity index (χ0) is 24.2. The number of rotatable bonds is 5. The van der Waals surface area contributed by atoms with E-state index in [0.717, 1.165) is 48.9 Å². The molecule has 3 aromatic rings. The molecule has 7 nitrogen and oxygen atoms in total. The van der Waals surface area contributed by atoms with Gasteiger partial charge in [0.05, 0.1) is 24.0 Å². The van der Waals surface area contributed by atoms with Crippen molar-refractivity contribution in [2.45, 2.75) is 57.1 Å². The molecule has 1 aliphatic heterocycles. The molecular formula is C27H31FN6O. The summed E-state index contributed by atoms with van der Waals surface area (Å²) in [7, 11) is 0. The summed E-state index contributed by atoms with van der Waals surface area (Å²) in [6, 6.07) is 2.16. The van der Waals surface area contributed by atoms with Gasteiger partial charge in [-0.05, 0) is 56.4 Å². The zero-order valence-corrected chi connectivity index (χ0v) is 20.0. The highest BCUT2D eigenvalue weighted by atomic mass is 19.1. The average molecular weight is 475 g/mol. The minimum atomic E-state index is -1.02. The van der Waals surface area contributed by atoms with E-state index in [1.807, 2.05) is 12.3 Å². The van der Waals surface area contributed by atoms with Gasteiger partial charge in [0.1, 0.15) is 17.0 Å². The van der Waals surface area contributed by atoms with E-state index in [2.05, 4.69) is 36.3 Å². The predicted octanol–water partition coefficient (Wildman–Crippen LogP) is 3.77. The number of anilines is 1. The standard InChI is InChI=1S/C27H31FN6O/c1-27(35,18-6-7-18)9-8-19-10-21-22(25-23(28)11-31-26(29)32-25)16-34(24(21)12-30-19)20-14-33(15-20)13-17-4-2-3-5-17/h10-12,16-18,20,35H,2-7,13-15H2,1H3,(H2,29,31,32). The number of hydrogen-bond acceptors (Lipinski definition) is 6. The van der Waals surface area contributed by atoms with E-state index in [1.165, 1.54) is 32.2 Å². The largest absolute Gasteiger partial charge is 0.378 e. The first-order chi connectivity index (χ1) is 16.9. The average Bonchev–Trinajstić information content (AvgIpc) is 3.45. The number of nitrogens with two attached hydrogens (primary N) is 1. The van der Waals surface area contributed by atoms with Crippen molar-refractivity contribution in [3.63, 3.8) is 0 Å². The summed E-state index contributed by atoms with van der Waals surface area (Å²) in [5.41, 5.74) is 7.07. The third-order valence-electron chi connectivity index (χ3n) is 7.88. The summed E-state index contributed by atoms with van der Waals surface area (Å²) in [5, 5.41) is 11.4. The van der Waals surface area contributed by atoms with Crippen LogP contribution in [0.2, 0.25) is 0 Å². The number of fused-ring (bicyclic) bond motifs is 1. The van der Waals surface area contributed by atoms with Gasteiger partial charge in [0.25, 0.3) is 0 Å². The lowest BCUT2D eigenvalue weighted by Crippen LogP contribution is -2.49. The Morgan fingerprint density at radius 3 is 2.69 bits per heavy atom. The van der Waals surface area contributed by atoms with Crippen LogP contribution in [0.3, 0.4) is 0 Å². The lowest BCUT2D eigenvalue weighted by Gasteiger charge is -2.41. The van der Waals surface area contributed by atoms with Crippen molar-refractivity contribution in [1.82, 2.24) is 24.4 Å². The second-order valence-electron chi connectivity index (χ2n) is 10.7. The van der Waals surface area contributed by atoms with Crippen molar-refractivity contribution in [3.8, 4) is 23.1 Å². The van der Waals surface area contributed by atoms with Crippen LogP contribution in [0.5, 0.6) is 0 Å². The second-order valence-corrected chi connectivity index (χ2v) is 10.7. The van der Waals surface area contributed by atoms with Gasteiger partial charge in [-0.15, -0.1) is 0 Å². The molecule has 3 fully saturated rings. The Kier molecular flexibility index (Phi) is 5.50. The maximum atomic E-state index is 14.8. The van der Waals surface area contributed by atoms with Crippen molar-refractivity contribution in [2.75, 3.05) is 25.4 Å². The summed E-state index contributed by atoms with van der Waals surface area (Å²) in [6.45, 7) is 4.86. The Morgan fingerprint density at radius 1 is 1.17 bits per heavy atom. The molecule has 4 heterocycles. The summed E-state index contributed by atoms with van der Waals surface area (Å²) >= 11 is 0. The molecule has 3 aromatic heterocycles. The fourth-order valence-corrected chi connectivity index (χ4v) is 5.64. The highest BCUT2D eigenvalue weighted by Gasteiger charge is 2.38. The Morgan fingerprint density at radius 2 is 1.94 bits per heavy atom. The van der Waals surface area contributed by atoms with Crippen LogP contribution in [-0.4, -0.2) is 54.8 Å². The molecule has 35 heavy (non-hydrogen) atoms. The van der Waals surface area contributed by atoms with Gasteiger partial charge in [-0.2, -0.15) is 0 Å². The third-order valence-corrected chi connectivity index (χ3v) is 7.88. The number of halogens is 1. The molecule has 3 aliphatic rings. The maximum Gasteiger partial charge on any atom is 0.220 e. The minimum Gasteiger partial charge on any atom is -0.378 e. The van der Waals surface area contributed by atoms with E-state index in [1.54, 1.807) is 13.1 Å². The SMILES string of the molecule is CC(O)(C#Cc1cc2c(-c3nc(N)ncc3F)cn(C3CN(CC4CCCC4)C3)c2cn1)C1CC1. The highest BCUT2D eigenvalue weighted by Crippen LogP contribution is 2.39. The number of aliphatic hydroxyl groups is 1. The summed E-state index contributed by atoms with van der Waals surface area (Å²) < 4.78 is 17.0. The van der Waals surface area contributed by atoms with E-state index >= 15 is 0 Å². The molecule has 8 heteroatoms. The van der Waals surface area contributed by atoms with E-state index in [-0.39, 0.29) is 17.6 Å². The van der Waals surface area contributed by atoms with Gasteiger partial charge in [-0.1, -0.05) is 18.8 Å². The van der Waals surface area contributed by atoms with Crippen LogP contribution in [0.1, 0.15) is 57.2 Å². The number of aromatic nitrogens is 4. The maximum absolute atomic E-state index is 14.8. The van der Waals surface area contributed by atoms with Crippen LogP contribution in [0.15, 0.2) is 24.7 Å². The molecule has 1 unspecified atom stereocenters. The number of hydrogen-bond donors (Lipinski definition) is 2. The van der Waals surface area contributed by atoms with E-state index in [9.17, 15) is 9.50 Å². The van der Waals surface area contributed by atoms with Gasteiger partial charge in [-0.3, -0.25) is 4.90 Å². The lowest BCUT2D eigenvalue weighted by molar-refractivity contribution is 0.0910. The molecule has 1 atom stereocenters. The molecule has 182 valence electrons. The van der Waals surface area contributed by atoms with Gasteiger partial charge in [0, 0.05) is 36.8 Å². The van der Waals surface area contributed by atoms with Crippen LogP contribution in [0, 0.1) is 29.5 Å². The fourth-order valence-electron chi connectivity index (χ4n) is 5.64. The molecule has 0 radical (unpaired) electrons. The third kappa shape index (κ3) is 4.39. The molecule has 6 rings (SSSR count). The molecule has 3 N–H and O–H groups in total. The van der Waals surface area contributed by atoms with E-state index in [0.29, 0.717) is 17.3 Å². The number of pyridine rings is 1. The smallest absolute Gasteiger partial charge is 0.220 e. The lowest BCUT2D eigenvalue weighted by atomic mass is 10.0. The highest BCUT2D eigenvalue weighted by molar-refractivity contribution is 5.95. The Labute approximate surface area is 204 Å². The van der Waals surface area contributed by atoms with Crippen molar-refractivity contribution < 1.29 is 9.50 Å². The summed E-state index contributed by atoms with van der Waals surface area (Å²) in [5.74, 6) is 6.58. The Hall–Kier alpha value is -3.02. The van der Waals surface area contributed by atoms with E-state index in [4.69, 9.17) is 5.73 Å². The van der Waals surface area contributed by atoms with Gasteiger partial charge < -0.3 is 15.4 Å². The molecule has 0 amide bonds. The van der Waals surface area contributed by atoms with Crippen LogP contribution >= 0.6 is 0 Å². The number of likely N-dealkylation sites (tertiary alicyclic amines) is 1. The zero-order valence-electron chi connectivity index (χ0n) is 20.0. The molecule has 1 saturated heterocycles.